The van der Waals surface area contributed by atoms with E-state index in [0.717, 1.165) is 12.8 Å². The molecule has 5 nitrogen and oxygen atoms in total. The zero-order valence-electron chi connectivity index (χ0n) is 8.02. The van der Waals surface area contributed by atoms with Gasteiger partial charge in [-0.3, -0.25) is 4.79 Å². The van der Waals surface area contributed by atoms with Crippen molar-refractivity contribution in [1.29, 1.82) is 0 Å². The third-order valence-electron chi connectivity index (χ3n) is 3.24. The number of nitrogens with zero attached hydrogens (tertiary/aromatic N) is 1. The molecule has 2 fully saturated rings. The number of β-amino-alcohol motifs (C(OH)–C–C–N with tert-alkyl or cyclic N) is 2. The highest BCUT2D eigenvalue weighted by Gasteiger charge is 2.52. The molecule has 0 aromatic rings. The summed E-state index contributed by atoms with van der Waals surface area (Å²) in [6.07, 6.45) is 0.0795. The lowest BCUT2D eigenvalue weighted by atomic mass is 10.1. The summed E-state index contributed by atoms with van der Waals surface area (Å²) >= 11 is 0. The molecule has 2 rings (SSSR count). The number of carbonyl (C=O) groups excluding carboxylic acids is 1. The molecule has 1 amide bonds. The number of carbonyl (C=O) groups is 1. The van der Waals surface area contributed by atoms with E-state index < -0.39 is 12.2 Å². The normalized spacial score (nSPS) is 34.6. The second-order valence-electron chi connectivity index (χ2n) is 4.33. The molecule has 1 aliphatic heterocycles. The lowest BCUT2D eigenvalue weighted by Crippen LogP contribution is -2.39. The number of hydrogen-bond acceptors (Lipinski definition) is 4. The van der Waals surface area contributed by atoms with Crippen molar-refractivity contribution < 1.29 is 15.0 Å². The van der Waals surface area contributed by atoms with Gasteiger partial charge in [-0.05, 0) is 12.8 Å². The number of aliphatic hydroxyl groups is 2. The predicted molar refractivity (Wildman–Crippen MR) is 49.3 cm³/mol. The van der Waals surface area contributed by atoms with Gasteiger partial charge in [0.25, 0.3) is 0 Å². The summed E-state index contributed by atoms with van der Waals surface area (Å²) in [6, 6.07) is 0. The van der Waals surface area contributed by atoms with E-state index in [0.29, 0.717) is 6.54 Å². The van der Waals surface area contributed by atoms with Crippen LogP contribution in [0.1, 0.15) is 12.8 Å². The van der Waals surface area contributed by atoms with Crippen LogP contribution in [0.3, 0.4) is 0 Å². The fourth-order valence-corrected chi connectivity index (χ4v) is 1.93. The average Bonchev–Trinajstić information content (AvgIpc) is 2.90. The molecule has 0 spiro atoms. The van der Waals surface area contributed by atoms with Crippen molar-refractivity contribution in [1.82, 2.24) is 4.90 Å². The van der Waals surface area contributed by atoms with Crippen LogP contribution in [0.25, 0.3) is 0 Å². The first-order chi connectivity index (χ1) is 6.59. The van der Waals surface area contributed by atoms with E-state index in [1.807, 2.05) is 0 Å². The van der Waals surface area contributed by atoms with Crippen molar-refractivity contribution >= 4 is 5.91 Å². The molecule has 2 aliphatic rings. The highest BCUT2D eigenvalue weighted by Crippen LogP contribution is 2.46. The Morgan fingerprint density at radius 3 is 2.21 bits per heavy atom. The monoisotopic (exact) mass is 200 g/mol. The number of rotatable bonds is 2. The standard InChI is InChI=1S/C9H16N2O3/c10-5-9(1-2-9)8(14)11-3-6(12)7(13)4-11/h6-7,12-13H,1-5,10H2. The summed E-state index contributed by atoms with van der Waals surface area (Å²) in [5.74, 6) is -0.00407. The quantitative estimate of drug-likeness (QED) is 0.495. The van der Waals surface area contributed by atoms with E-state index >= 15 is 0 Å². The fraction of sp³-hybridized carbons (Fsp3) is 0.889. The number of amides is 1. The molecule has 1 saturated carbocycles. The maximum atomic E-state index is 11.9. The molecule has 1 saturated heterocycles. The minimum Gasteiger partial charge on any atom is -0.388 e. The minimum atomic E-state index is -0.799. The Morgan fingerprint density at radius 1 is 1.36 bits per heavy atom. The Balaban J connectivity index is 2.00. The van der Waals surface area contributed by atoms with Crippen LogP contribution in [-0.2, 0) is 4.79 Å². The molecule has 4 N–H and O–H groups in total. The molecule has 0 bridgehead atoms. The first-order valence-electron chi connectivity index (χ1n) is 4.95. The van der Waals surface area contributed by atoms with Gasteiger partial charge in [-0.2, -0.15) is 0 Å². The van der Waals surface area contributed by atoms with E-state index in [1.165, 1.54) is 4.90 Å². The molecule has 1 aliphatic carbocycles. The van der Waals surface area contributed by atoms with Crippen molar-refractivity contribution in [3.05, 3.63) is 0 Å². The Bertz CT molecular complexity index is 242. The summed E-state index contributed by atoms with van der Waals surface area (Å²) in [6.45, 7) is 0.845. The van der Waals surface area contributed by atoms with E-state index in [4.69, 9.17) is 5.73 Å². The molecule has 0 radical (unpaired) electrons. The maximum Gasteiger partial charge on any atom is 0.230 e. The van der Waals surface area contributed by atoms with Crippen molar-refractivity contribution in [2.75, 3.05) is 19.6 Å². The van der Waals surface area contributed by atoms with Gasteiger partial charge in [-0.15, -0.1) is 0 Å². The molecule has 0 aromatic carbocycles. The highest BCUT2D eigenvalue weighted by atomic mass is 16.3. The van der Waals surface area contributed by atoms with Crippen molar-refractivity contribution in [3.8, 4) is 0 Å². The fourth-order valence-electron chi connectivity index (χ4n) is 1.93. The van der Waals surface area contributed by atoms with E-state index in [9.17, 15) is 15.0 Å². The zero-order valence-corrected chi connectivity index (χ0v) is 8.02. The van der Waals surface area contributed by atoms with Crippen LogP contribution in [0.15, 0.2) is 0 Å². The van der Waals surface area contributed by atoms with Crippen LogP contribution in [-0.4, -0.2) is 52.9 Å². The van der Waals surface area contributed by atoms with Crippen molar-refractivity contribution in [2.24, 2.45) is 11.1 Å². The van der Waals surface area contributed by atoms with Crippen LogP contribution >= 0.6 is 0 Å². The second-order valence-corrected chi connectivity index (χ2v) is 4.33. The Labute approximate surface area is 82.5 Å². The molecular formula is C9H16N2O3. The second kappa shape index (κ2) is 3.18. The minimum absolute atomic E-state index is 0.00407. The van der Waals surface area contributed by atoms with Crippen LogP contribution < -0.4 is 5.73 Å². The number of hydrogen-bond donors (Lipinski definition) is 3. The topological polar surface area (TPSA) is 86.8 Å². The van der Waals surface area contributed by atoms with Crippen LogP contribution in [0.2, 0.25) is 0 Å². The number of likely N-dealkylation sites (tertiary alicyclic amines) is 1. The summed E-state index contributed by atoms with van der Waals surface area (Å²) in [5.41, 5.74) is 5.16. The zero-order chi connectivity index (χ0) is 10.3. The molecule has 14 heavy (non-hydrogen) atoms. The van der Waals surface area contributed by atoms with E-state index in [-0.39, 0.29) is 24.4 Å². The first kappa shape index (κ1) is 9.89. The predicted octanol–water partition coefficient (Wildman–Crippen LogP) is -1.71. The number of nitrogens with two attached hydrogens (primary N) is 1. The highest BCUT2D eigenvalue weighted by molar-refractivity contribution is 5.86. The molecule has 80 valence electrons. The Morgan fingerprint density at radius 2 is 1.86 bits per heavy atom. The average molecular weight is 200 g/mol. The summed E-state index contributed by atoms with van der Waals surface area (Å²) < 4.78 is 0. The summed E-state index contributed by atoms with van der Waals surface area (Å²) in [7, 11) is 0. The summed E-state index contributed by atoms with van der Waals surface area (Å²) in [4.78, 5) is 13.4. The number of aliphatic hydroxyl groups excluding tert-OH is 2. The van der Waals surface area contributed by atoms with Crippen LogP contribution in [0.5, 0.6) is 0 Å². The van der Waals surface area contributed by atoms with Crippen molar-refractivity contribution in [3.63, 3.8) is 0 Å². The third kappa shape index (κ3) is 1.41. The third-order valence-corrected chi connectivity index (χ3v) is 3.24. The molecular weight excluding hydrogens is 184 g/mol. The smallest absolute Gasteiger partial charge is 0.230 e. The Kier molecular flexibility index (Phi) is 2.25. The van der Waals surface area contributed by atoms with Gasteiger partial charge in [-0.1, -0.05) is 0 Å². The maximum absolute atomic E-state index is 11.9. The molecule has 2 atom stereocenters. The SMILES string of the molecule is NCC1(C(=O)N2CC(O)C(O)C2)CC1. The van der Waals surface area contributed by atoms with Crippen LogP contribution in [0.4, 0.5) is 0 Å². The first-order valence-corrected chi connectivity index (χ1v) is 4.95. The van der Waals surface area contributed by atoms with Gasteiger partial charge in [0.15, 0.2) is 0 Å². The lowest BCUT2D eigenvalue weighted by molar-refractivity contribution is -0.136. The van der Waals surface area contributed by atoms with Gasteiger partial charge >= 0.3 is 0 Å². The van der Waals surface area contributed by atoms with E-state index in [2.05, 4.69) is 0 Å². The van der Waals surface area contributed by atoms with Crippen molar-refractivity contribution in [2.45, 2.75) is 25.0 Å². The lowest BCUT2D eigenvalue weighted by Gasteiger charge is -2.21. The van der Waals surface area contributed by atoms with Gasteiger partial charge in [0.2, 0.25) is 5.91 Å². The molecule has 2 unspecified atom stereocenters. The van der Waals surface area contributed by atoms with E-state index in [1.54, 1.807) is 0 Å². The van der Waals surface area contributed by atoms with Gasteiger partial charge in [0.1, 0.15) is 0 Å². The molecule has 5 heteroatoms. The van der Waals surface area contributed by atoms with Gasteiger partial charge in [0, 0.05) is 19.6 Å². The van der Waals surface area contributed by atoms with Gasteiger partial charge in [0.05, 0.1) is 17.6 Å². The largest absolute Gasteiger partial charge is 0.388 e. The van der Waals surface area contributed by atoms with Gasteiger partial charge < -0.3 is 20.8 Å². The van der Waals surface area contributed by atoms with Gasteiger partial charge in [-0.25, -0.2) is 0 Å². The molecule has 0 aromatic heterocycles. The molecule has 1 heterocycles. The van der Waals surface area contributed by atoms with Crippen LogP contribution in [0, 0.1) is 5.41 Å². The summed E-state index contributed by atoms with van der Waals surface area (Å²) in [5, 5.41) is 18.6. The Hall–Kier alpha value is -0.650.